The van der Waals surface area contributed by atoms with Crippen molar-refractivity contribution in [3.05, 3.63) is 33.3 Å². The molecule has 0 atom stereocenters. The molecule has 1 rings (SSSR count). The summed E-state index contributed by atoms with van der Waals surface area (Å²) in [5, 5.41) is 17.5. The minimum Gasteiger partial charge on any atom is -0.478 e. The quantitative estimate of drug-likeness (QED) is 0.837. The van der Waals surface area contributed by atoms with E-state index >= 15 is 0 Å². The van der Waals surface area contributed by atoms with Crippen LogP contribution in [0.1, 0.15) is 21.5 Å². The van der Waals surface area contributed by atoms with E-state index in [1.165, 1.54) is 6.07 Å². The van der Waals surface area contributed by atoms with Gasteiger partial charge in [-0.3, -0.25) is 0 Å². The number of aromatic carboxylic acids is 1. The first-order valence-electron chi connectivity index (χ1n) is 3.76. The van der Waals surface area contributed by atoms with E-state index in [2.05, 4.69) is 15.9 Å². The summed E-state index contributed by atoms with van der Waals surface area (Å²) in [4.78, 5) is 10.8. The summed E-state index contributed by atoms with van der Waals surface area (Å²) in [6, 6.07) is 4.76. The molecule has 0 heterocycles. The van der Waals surface area contributed by atoms with E-state index in [1.54, 1.807) is 6.07 Å². The molecule has 1 aromatic rings. The van der Waals surface area contributed by atoms with Crippen LogP contribution in [0.5, 0.6) is 0 Å². The van der Waals surface area contributed by atoms with Gasteiger partial charge in [-0.15, -0.1) is 0 Å². The number of nitrogens with two attached hydrogens (primary N) is 1. The first-order valence-corrected chi connectivity index (χ1v) is 4.55. The van der Waals surface area contributed by atoms with Crippen LogP contribution in [0.15, 0.2) is 16.6 Å². The van der Waals surface area contributed by atoms with Crippen molar-refractivity contribution in [3.8, 4) is 6.07 Å². The van der Waals surface area contributed by atoms with Gasteiger partial charge in [0.1, 0.15) is 6.07 Å². The molecule has 0 aliphatic heterocycles. The van der Waals surface area contributed by atoms with Gasteiger partial charge in [0.05, 0.1) is 11.1 Å². The van der Waals surface area contributed by atoms with Gasteiger partial charge >= 0.3 is 5.97 Å². The highest BCUT2D eigenvalue weighted by Gasteiger charge is 2.12. The van der Waals surface area contributed by atoms with Crippen LogP contribution in [-0.2, 0) is 6.54 Å². The third-order valence-electron chi connectivity index (χ3n) is 1.76. The lowest BCUT2D eigenvalue weighted by atomic mass is 10.0. The monoisotopic (exact) mass is 254 g/mol. The average molecular weight is 255 g/mol. The first kappa shape index (κ1) is 10.7. The average Bonchev–Trinajstić information content (AvgIpc) is 2.16. The van der Waals surface area contributed by atoms with Crippen LogP contribution in [-0.4, -0.2) is 11.1 Å². The molecular weight excluding hydrogens is 248 g/mol. The lowest BCUT2D eigenvalue weighted by molar-refractivity contribution is 0.0695. The van der Waals surface area contributed by atoms with Gasteiger partial charge in [-0.05, 0) is 33.6 Å². The zero-order valence-electron chi connectivity index (χ0n) is 7.12. The summed E-state index contributed by atoms with van der Waals surface area (Å²) >= 11 is 3.16. The maximum Gasteiger partial charge on any atom is 0.336 e. The van der Waals surface area contributed by atoms with Crippen molar-refractivity contribution in [2.45, 2.75) is 6.54 Å². The van der Waals surface area contributed by atoms with Crippen LogP contribution in [0.25, 0.3) is 0 Å². The number of nitrogens with zero attached hydrogens (tertiary/aromatic N) is 1. The Morgan fingerprint density at radius 3 is 2.71 bits per heavy atom. The lowest BCUT2D eigenvalue weighted by Crippen LogP contribution is -2.07. The summed E-state index contributed by atoms with van der Waals surface area (Å²) in [6.07, 6.45) is 0. The Bertz CT molecular complexity index is 424. The van der Waals surface area contributed by atoms with E-state index in [0.717, 1.165) is 0 Å². The molecule has 0 radical (unpaired) electrons. The van der Waals surface area contributed by atoms with Crippen molar-refractivity contribution in [2.24, 2.45) is 5.73 Å². The Morgan fingerprint density at radius 2 is 2.29 bits per heavy atom. The number of halogens is 1. The zero-order chi connectivity index (χ0) is 10.7. The highest BCUT2D eigenvalue weighted by molar-refractivity contribution is 9.10. The van der Waals surface area contributed by atoms with E-state index in [4.69, 9.17) is 16.1 Å². The molecule has 0 bridgehead atoms. The molecule has 5 heteroatoms. The van der Waals surface area contributed by atoms with E-state index < -0.39 is 5.97 Å². The van der Waals surface area contributed by atoms with Crippen molar-refractivity contribution in [2.75, 3.05) is 0 Å². The van der Waals surface area contributed by atoms with Crippen LogP contribution in [0.4, 0.5) is 0 Å². The lowest BCUT2D eigenvalue weighted by Gasteiger charge is -2.05. The summed E-state index contributed by atoms with van der Waals surface area (Å²) in [5.74, 6) is -1.07. The molecule has 1 aromatic carbocycles. The van der Waals surface area contributed by atoms with Gasteiger partial charge in [0.2, 0.25) is 0 Å². The molecule has 72 valence electrons. The van der Waals surface area contributed by atoms with Gasteiger partial charge in [-0.2, -0.15) is 5.26 Å². The smallest absolute Gasteiger partial charge is 0.336 e. The second-order valence-electron chi connectivity index (χ2n) is 2.61. The SMILES string of the molecule is N#Cc1cc(C(=O)O)c(CN)cc1Br. The molecule has 3 N–H and O–H groups in total. The minimum atomic E-state index is -1.07. The predicted octanol–water partition coefficient (Wildman–Crippen LogP) is 1.48. The van der Waals surface area contributed by atoms with Crippen LogP contribution in [0.3, 0.4) is 0 Å². The maximum absolute atomic E-state index is 10.8. The van der Waals surface area contributed by atoms with Crippen LogP contribution in [0.2, 0.25) is 0 Å². The van der Waals surface area contributed by atoms with Crippen molar-refractivity contribution in [1.29, 1.82) is 5.26 Å². The third-order valence-corrected chi connectivity index (χ3v) is 2.42. The topological polar surface area (TPSA) is 87.1 Å². The highest BCUT2D eigenvalue weighted by Crippen LogP contribution is 2.21. The summed E-state index contributed by atoms with van der Waals surface area (Å²) < 4.78 is 0.561. The zero-order valence-corrected chi connectivity index (χ0v) is 8.71. The number of carboxylic acid groups (broad SMARTS) is 1. The van der Waals surface area contributed by atoms with Crippen LogP contribution >= 0.6 is 15.9 Å². The molecule has 0 spiro atoms. The maximum atomic E-state index is 10.8. The van der Waals surface area contributed by atoms with Gasteiger partial charge in [0.25, 0.3) is 0 Å². The number of benzene rings is 1. The Hall–Kier alpha value is -1.38. The normalized spacial score (nSPS) is 9.50. The van der Waals surface area contributed by atoms with Crippen LogP contribution in [0, 0.1) is 11.3 Å². The van der Waals surface area contributed by atoms with Crippen molar-refractivity contribution < 1.29 is 9.90 Å². The van der Waals surface area contributed by atoms with Gasteiger partial charge in [-0.1, -0.05) is 0 Å². The fourth-order valence-corrected chi connectivity index (χ4v) is 1.55. The molecule has 0 aliphatic rings. The fraction of sp³-hybridized carbons (Fsp3) is 0.111. The highest BCUT2D eigenvalue weighted by atomic mass is 79.9. The Kier molecular flexibility index (Phi) is 3.23. The second kappa shape index (κ2) is 4.22. The molecule has 0 aromatic heterocycles. The Morgan fingerprint density at radius 1 is 1.64 bits per heavy atom. The number of carboxylic acids is 1. The van der Waals surface area contributed by atoms with Crippen molar-refractivity contribution in [1.82, 2.24) is 0 Å². The Labute approximate surface area is 89.1 Å². The van der Waals surface area contributed by atoms with Gasteiger partial charge in [0, 0.05) is 11.0 Å². The molecule has 0 unspecified atom stereocenters. The van der Waals surface area contributed by atoms with E-state index in [9.17, 15) is 4.79 Å². The summed E-state index contributed by atoms with van der Waals surface area (Å²) in [7, 11) is 0. The Balaban J connectivity index is 3.42. The molecule has 14 heavy (non-hydrogen) atoms. The molecule has 0 fully saturated rings. The van der Waals surface area contributed by atoms with Gasteiger partial charge in [-0.25, -0.2) is 4.79 Å². The molecule has 4 nitrogen and oxygen atoms in total. The molecule has 0 saturated heterocycles. The molecule has 0 amide bonds. The van der Waals surface area contributed by atoms with E-state index in [-0.39, 0.29) is 12.1 Å². The molecule has 0 saturated carbocycles. The van der Waals surface area contributed by atoms with Crippen molar-refractivity contribution in [3.63, 3.8) is 0 Å². The number of nitriles is 1. The number of carbonyl (C=O) groups is 1. The number of hydrogen-bond donors (Lipinski definition) is 2. The standard InChI is InChI=1S/C9H7BrN2O2/c10-8-2-5(3-11)7(9(13)14)1-6(8)4-12/h1-2H,3,11H2,(H,13,14). The number of rotatable bonds is 2. The first-order chi connectivity index (χ1) is 6.60. The van der Waals surface area contributed by atoms with E-state index in [0.29, 0.717) is 15.6 Å². The fourth-order valence-electron chi connectivity index (χ4n) is 1.07. The second-order valence-corrected chi connectivity index (χ2v) is 3.46. The molecule has 0 aliphatic carbocycles. The van der Waals surface area contributed by atoms with Gasteiger partial charge < -0.3 is 10.8 Å². The number of hydrogen-bond acceptors (Lipinski definition) is 3. The largest absolute Gasteiger partial charge is 0.478 e. The minimum absolute atomic E-state index is 0.0762. The third kappa shape index (κ3) is 1.92. The summed E-state index contributed by atoms with van der Waals surface area (Å²) in [5.41, 5.74) is 6.25. The molecular formula is C9H7BrN2O2. The summed E-state index contributed by atoms with van der Waals surface area (Å²) in [6.45, 7) is 0.131. The van der Waals surface area contributed by atoms with Crippen molar-refractivity contribution >= 4 is 21.9 Å². The van der Waals surface area contributed by atoms with Gasteiger partial charge in [0.15, 0.2) is 0 Å². The predicted molar refractivity (Wildman–Crippen MR) is 53.7 cm³/mol. The van der Waals surface area contributed by atoms with E-state index in [1.807, 2.05) is 6.07 Å². The van der Waals surface area contributed by atoms with Crippen LogP contribution < -0.4 is 5.73 Å².